The van der Waals surface area contributed by atoms with Crippen molar-refractivity contribution in [3.8, 4) is 21.6 Å². The predicted molar refractivity (Wildman–Crippen MR) is 138 cm³/mol. The zero-order chi connectivity index (χ0) is 22.1. The molecule has 31 heavy (non-hydrogen) atoms. The molecule has 0 atom stereocenters. The summed E-state index contributed by atoms with van der Waals surface area (Å²) in [5.74, 6) is 0.0349. The van der Waals surface area contributed by atoms with E-state index in [2.05, 4.69) is 51.2 Å². The van der Waals surface area contributed by atoms with Gasteiger partial charge in [-0.1, -0.05) is 18.2 Å². The van der Waals surface area contributed by atoms with Gasteiger partial charge in [-0.2, -0.15) is 0 Å². The highest BCUT2D eigenvalue weighted by Crippen LogP contribution is 2.45. The highest BCUT2D eigenvalue weighted by Gasteiger charge is 2.21. The van der Waals surface area contributed by atoms with Gasteiger partial charge in [-0.15, -0.1) is 34.0 Å². The van der Waals surface area contributed by atoms with Gasteiger partial charge < -0.3 is 5.32 Å². The molecule has 0 saturated carbocycles. The minimum atomic E-state index is 0.0349. The SMILES string of the molecule is C/C(=C/C(=O)c1cc(-c2cc(C)sc2C)c(-c2cc(C)sc2C)s1)Nc1ccccc1. The maximum absolute atomic E-state index is 13.2. The third kappa shape index (κ3) is 4.74. The first-order valence-corrected chi connectivity index (χ1v) is 12.6. The molecule has 3 heterocycles. The molecule has 2 nitrogen and oxygen atoms in total. The number of hydrogen-bond acceptors (Lipinski definition) is 5. The third-order valence-electron chi connectivity index (χ3n) is 5.05. The lowest BCUT2D eigenvalue weighted by Gasteiger charge is -2.05. The summed E-state index contributed by atoms with van der Waals surface area (Å²) in [4.78, 5) is 20.3. The lowest BCUT2D eigenvalue weighted by atomic mass is 10.0. The Bertz CT molecular complexity index is 1210. The Balaban J connectivity index is 1.74. The van der Waals surface area contributed by atoms with Gasteiger partial charge in [-0.3, -0.25) is 4.79 Å². The van der Waals surface area contributed by atoms with Gasteiger partial charge in [-0.25, -0.2) is 0 Å². The Morgan fingerprint density at radius 3 is 2.00 bits per heavy atom. The first-order chi connectivity index (χ1) is 14.8. The van der Waals surface area contributed by atoms with Crippen LogP contribution in [0.2, 0.25) is 0 Å². The van der Waals surface area contributed by atoms with Crippen LogP contribution in [-0.2, 0) is 0 Å². The van der Waals surface area contributed by atoms with E-state index < -0.39 is 0 Å². The van der Waals surface area contributed by atoms with Crippen LogP contribution in [-0.4, -0.2) is 5.78 Å². The topological polar surface area (TPSA) is 29.1 Å². The van der Waals surface area contributed by atoms with E-state index in [4.69, 9.17) is 0 Å². The number of para-hydroxylation sites is 1. The molecule has 0 fully saturated rings. The molecule has 0 spiro atoms. The molecule has 1 N–H and O–H groups in total. The molecule has 1 aromatic carbocycles. The molecule has 4 aromatic rings. The fraction of sp³-hybridized carbons (Fsp3) is 0.192. The zero-order valence-electron chi connectivity index (χ0n) is 18.3. The smallest absolute Gasteiger partial charge is 0.197 e. The molecule has 0 amide bonds. The number of aryl methyl sites for hydroxylation is 4. The number of rotatable bonds is 6. The van der Waals surface area contributed by atoms with Gasteiger partial charge in [0.05, 0.1) is 4.88 Å². The fourth-order valence-corrected chi connectivity index (χ4v) is 6.81. The largest absolute Gasteiger partial charge is 0.359 e. The molecule has 4 rings (SSSR count). The molecule has 0 bridgehead atoms. The minimum absolute atomic E-state index is 0.0349. The molecular weight excluding hydrogens is 438 g/mol. The van der Waals surface area contributed by atoms with E-state index in [-0.39, 0.29) is 5.78 Å². The lowest BCUT2D eigenvalue weighted by Crippen LogP contribution is -1.99. The van der Waals surface area contributed by atoms with E-state index in [0.717, 1.165) is 21.8 Å². The Morgan fingerprint density at radius 2 is 1.42 bits per heavy atom. The molecule has 0 aliphatic carbocycles. The minimum Gasteiger partial charge on any atom is -0.359 e. The van der Waals surface area contributed by atoms with Crippen molar-refractivity contribution in [2.45, 2.75) is 34.6 Å². The molecule has 5 heteroatoms. The second-order valence-corrected chi connectivity index (χ2v) is 11.7. The number of nitrogens with one attached hydrogen (secondary N) is 1. The van der Waals surface area contributed by atoms with Gasteiger partial charge in [0.2, 0.25) is 0 Å². The van der Waals surface area contributed by atoms with Gasteiger partial charge in [0, 0.05) is 53.0 Å². The predicted octanol–water partition coefficient (Wildman–Crippen LogP) is 8.64. The van der Waals surface area contributed by atoms with Gasteiger partial charge in [0.15, 0.2) is 5.78 Å². The summed E-state index contributed by atoms with van der Waals surface area (Å²) >= 11 is 5.22. The summed E-state index contributed by atoms with van der Waals surface area (Å²) in [5.41, 5.74) is 5.45. The summed E-state index contributed by atoms with van der Waals surface area (Å²) in [6.07, 6.45) is 1.70. The zero-order valence-corrected chi connectivity index (χ0v) is 20.8. The van der Waals surface area contributed by atoms with E-state index in [9.17, 15) is 4.79 Å². The number of benzene rings is 1. The molecule has 0 saturated heterocycles. The number of anilines is 1. The summed E-state index contributed by atoms with van der Waals surface area (Å²) in [6.45, 7) is 10.5. The van der Waals surface area contributed by atoms with Crippen LogP contribution >= 0.6 is 34.0 Å². The maximum Gasteiger partial charge on any atom is 0.197 e. The summed E-state index contributed by atoms with van der Waals surface area (Å²) in [6, 6.07) is 16.5. The van der Waals surface area contributed by atoms with Crippen molar-refractivity contribution in [1.29, 1.82) is 0 Å². The number of carbonyl (C=O) groups excluding carboxylic acids is 1. The van der Waals surface area contributed by atoms with E-state index in [1.165, 1.54) is 35.5 Å². The monoisotopic (exact) mass is 463 g/mol. The van der Waals surface area contributed by atoms with Crippen LogP contribution in [0.4, 0.5) is 5.69 Å². The summed E-state index contributed by atoms with van der Waals surface area (Å²) in [7, 11) is 0. The quantitative estimate of drug-likeness (QED) is 0.229. The lowest BCUT2D eigenvalue weighted by molar-refractivity contribution is 0.105. The molecule has 3 aromatic heterocycles. The Kier molecular flexibility index (Phi) is 6.28. The van der Waals surface area contributed by atoms with Crippen molar-refractivity contribution in [1.82, 2.24) is 0 Å². The molecule has 0 unspecified atom stereocenters. The van der Waals surface area contributed by atoms with Crippen LogP contribution in [0.1, 0.15) is 36.1 Å². The van der Waals surface area contributed by atoms with Crippen molar-refractivity contribution < 1.29 is 4.79 Å². The fourth-order valence-electron chi connectivity index (χ4n) is 3.72. The van der Waals surface area contributed by atoms with Crippen LogP contribution in [0.3, 0.4) is 0 Å². The van der Waals surface area contributed by atoms with Gasteiger partial charge in [-0.05, 0) is 70.5 Å². The number of hydrogen-bond donors (Lipinski definition) is 1. The number of allylic oxidation sites excluding steroid dienone is 2. The second kappa shape index (κ2) is 8.95. The highest BCUT2D eigenvalue weighted by molar-refractivity contribution is 7.19. The standard InChI is InChI=1S/C26H25NOS3/c1-15(27-20-9-7-6-8-10-20)11-24(28)25-14-23(21-12-16(2)29-18(21)4)26(31-25)22-13-17(3)30-19(22)5/h6-14,27H,1-5H3/b15-11-. The molecule has 0 aliphatic heterocycles. The molecule has 0 aliphatic rings. The maximum atomic E-state index is 13.2. The average molecular weight is 464 g/mol. The third-order valence-corrected chi connectivity index (χ3v) is 8.17. The Hall–Kier alpha value is -2.47. The van der Waals surface area contributed by atoms with Crippen LogP contribution in [0.5, 0.6) is 0 Å². The van der Waals surface area contributed by atoms with Crippen LogP contribution in [0.25, 0.3) is 21.6 Å². The van der Waals surface area contributed by atoms with Crippen LogP contribution in [0.15, 0.2) is 60.3 Å². The normalized spacial score (nSPS) is 11.7. The summed E-state index contributed by atoms with van der Waals surface area (Å²) < 4.78 is 0. The van der Waals surface area contributed by atoms with E-state index >= 15 is 0 Å². The average Bonchev–Trinajstić information content (AvgIpc) is 3.38. The van der Waals surface area contributed by atoms with Gasteiger partial charge in [0.1, 0.15) is 0 Å². The molecule has 158 valence electrons. The first kappa shape index (κ1) is 21.8. The first-order valence-electron chi connectivity index (χ1n) is 10.1. The van der Waals surface area contributed by atoms with Crippen LogP contribution < -0.4 is 5.32 Å². The second-order valence-electron chi connectivity index (χ2n) is 7.69. The van der Waals surface area contributed by atoms with Crippen LogP contribution in [0, 0.1) is 27.7 Å². The van der Waals surface area contributed by atoms with Crippen molar-refractivity contribution in [2.24, 2.45) is 0 Å². The summed E-state index contributed by atoms with van der Waals surface area (Å²) in [5, 5.41) is 3.30. The van der Waals surface area contributed by atoms with Crippen molar-refractivity contribution in [2.75, 3.05) is 5.32 Å². The van der Waals surface area contributed by atoms with Gasteiger partial charge >= 0.3 is 0 Å². The number of ketones is 1. The number of carbonyl (C=O) groups is 1. The van der Waals surface area contributed by atoms with E-state index in [1.807, 2.05) is 59.9 Å². The van der Waals surface area contributed by atoms with Crippen molar-refractivity contribution in [3.63, 3.8) is 0 Å². The van der Waals surface area contributed by atoms with Crippen molar-refractivity contribution in [3.05, 3.63) is 84.7 Å². The van der Waals surface area contributed by atoms with Gasteiger partial charge in [0.25, 0.3) is 0 Å². The van der Waals surface area contributed by atoms with E-state index in [1.54, 1.807) is 17.4 Å². The number of thiophene rings is 3. The Morgan fingerprint density at radius 1 is 0.806 bits per heavy atom. The molecular formula is C26H25NOS3. The highest BCUT2D eigenvalue weighted by atomic mass is 32.1. The Labute approximate surface area is 195 Å². The van der Waals surface area contributed by atoms with E-state index in [0.29, 0.717) is 0 Å². The van der Waals surface area contributed by atoms with Crippen molar-refractivity contribution >= 4 is 45.5 Å². The molecule has 0 radical (unpaired) electrons.